The van der Waals surface area contributed by atoms with Gasteiger partial charge in [0.25, 0.3) is 0 Å². The first kappa shape index (κ1) is 43.0. The standard InChI is InChI=1S/C65H64N2/c1-4-17-54(66-62-26-13-9-22-58(62)59-23-10-14-27-63(59)66)39-30-45(2)51-42-52(48-34-31-47(32-35-48)33-36-50-19-6-8-21-57(50)56-20-7-5-18-46(56)3)44-53(43-51)49-37-40-55(41-38-49)67-64-28-15-11-24-60(64)61-25-12-16-29-65(61)67/h4-6,8-9,11,13,15-19,21-22,24,26,28-31,33-36,39-40,42-44,47,49H,7,10,12,14,20,23,25,27,32,37-38,41H2,1-3H3/b17-4-,36-33+,45-30+,54-39+. The number of nitrogens with zero attached hydrogens (tertiary/aromatic N) is 2. The van der Waals surface area contributed by atoms with Crippen molar-refractivity contribution in [2.45, 2.75) is 104 Å². The molecule has 0 aliphatic heterocycles. The van der Waals surface area contributed by atoms with Crippen LogP contribution in [0.5, 0.6) is 0 Å². The Balaban J connectivity index is 0.927. The van der Waals surface area contributed by atoms with Gasteiger partial charge in [0.15, 0.2) is 0 Å². The number of allylic oxidation sites excluding steroid dienone is 18. The summed E-state index contributed by atoms with van der Waals surface area (Å²) in [5, 5.41) is 2.83. The molecule has 0 spiro atoms. The minimum atomic E-state index is 0.361. The van der Waals surface area contributed by atoms with E-state index >= 15 is 0 Å². The number of rotatable bonds is 10. The third kappa shape index (κ3) is 8.41. The average molecular weight is 873 g/mol. The van der Waals surface area contributed by atoms with Crippen molar-refractivity contribution in [1.82, 2.24) is 9.13 Å². The predicted molar refractivity (Wildman–Crippen MR) is 290 cm³/mol. The molecule has 5 aliphatic rings. The van der Waals surface area contributed by atoms with Gasteiger partial charge in [0.1, 0.15) is 0 Å². The SMILES string of the molecule is C\C=C/C(=C\C=C(/C)c1cc(C2=CCC(/C=C/c3ccccc3C3=C(C)C=CCC3)C=C2)cc(C2CC=C(n3c4c(c5ccccc53)CCC=C4)CC2)c1)n1c2c(c3ccccc31)CCCC2. The minimum Gasteiger partial charge on any atom is -0.314 e. The Labute approximate surface area is 398 Å². The van der Waals surface area contributed by atoms with E-state index in [1.807, 2.05) is 0 Å². The summed E-state index contributed by atoms with van der Waals surface area (Å²) < 4.78 is 5.13. The Morgan fingerprint density at radius 3 is 2.33 bits per heavy atom. The fourth-order valence-corrected chi connectivity index (χ4v) is 11.8. The van der Waals surface area contributed by atoms with E-state index in [-0.39, 0.29) is 0 Å². The average Bonchev–Trinajstić information content (AvgIpc) is 3.90. The molecule has 11 rings (SSSR count). The topological polar surface area (TPSA) is 9.86 Å². The number of fused-ring (bicyclic) bond motifs is 6. The van der Waals surface area contributed by atoms with Crippen LogP contribution >= 0.6 is 0 Å². The second-order valence-electron chi connectivity index (χ2n) is 19.6. The molecular weight excluding hydrogens is 809 g/mol. The maximum atomic E-state index is 2.58. The van der Waals surface area contributed by atoms with Crippen molar-refractivity contribution in [1.29, 1.82) is 0 Å². The predicted octanol–water partition coefficient (Wildman–Crippen LogP) is 17.6. The second kappa shape index (κ2) is 18.9. The molecule has 0 radical (unpaired) electrons. The van der Waals surface area contributed by atoms with Gasteiger partial charge < -0.3 is 9.13 Å². The van der Waals surface area contributed by atoms with E-state index in [1.54, 1.807) is 5.56 Å². The minimum absolute atomic E-state index is 0.361. The first-order valence-corrected chi connectivity index (χ1v) is 25.3. The largest absolute Gasteiger partial charge is 0.314 e. The Morgan fingerprint density at radius 1 is 0.716 bits per heavy atom. The number of aromatic nitrogens is 2. The normalized spacial score (nSPS) is 20.0. The van der Waals surface area contributed by atoms with Gasteiger partial charge in [-0.1, -0.05) is 140 Å². The van der Waals surface area contributed by atoms with Gasteiger partial charge in [0.2, 0.25) is 0 Å². The number of hydrogen-bond donors (Lipinski definition) is 0. The second-order valence-corrected chi connectivity index (χ2v) is 19.6. The lowest BCUT2D eigenvalue weighted by molar-refractivity contribution is 0.613. The molecule has 0 amide bonds. The van der Waals surface area contributed by atoms with E-state index in [4.69, 9.17) is 0 Å². The quantitative estimate of drug-likeness (QED) is 0.121. The van der Waals surface area contributed by atoms with Crippen molar-refractivity contribution in [3.8, 4) is 0 Å². The van der Waals surface area contributed by atoms with Crippen LogP contribution in [-0.4, -0.2) is 9.13 Å². The molecule has 2 aromatic heterocycles. The molecule has 2 heteroatoms. The zero-order chi connectivity index (χ0) is 45.3. The molecule has 2 nitrogen and oxygen atoms in total. The van der Waals surface area contributed by atoms with E-state index in [9.17, 15) is 0 Å². The monoisotopic (exact) mass is 873 g/mol. The van der Waals surface area contributed by atoms with Crippen LogP contribution in [0, 0.1) is 5.92 Å². The molecule has 334 valence electrons. The molecule has 0 saturated heterocycles. The lowest BCUT2D eigenvalue weighted by Crippen LogP contribution is -2.10. The molecule has 67 heavy (non-hydrogen) atoms. The highest BCUT2D eigenvalue weighted by molar-refractivity contribution is 5.93. The zero-order valence-electron chi connectivity index (χ0n) is 39.8. The first-order valence-electron chi connectivity index (χ1n) is 25.3. The summed E-state index contributed by atoms with van der Waals surface area (Å²) in [6, 6.07) is 34.5. The van der Waals surface area contributed by atoms with E-state index in [1.165, 1.54) is 120 Å². The lowest BCUT2D eigenvalue weighted by atomic mass is 9.82. The first-order chi connectivity index (χ1) is 33.0. The third-order valence-corrected chi connectivity index (χ3v) is 15.4. The van der Waals surface area contributed by atoms with Crippen molar-refractivity contribution < 1.29 is 0 Å². The molecule has 0 saturated carbocycles. The smallest absolute Gasteiger partial charge is 0.0534 e. The molecule has 2 unspecified atom stereocenters. The number of para-hydroxylation sites is 2. The fraction of sp³-hybridized carbons (Fsp3) is 0.262. The van der Waals surface area contributed by atoms with E-state index < -0.39 is 0 Å². The Bertz CT molecular complexity index is 3220. The molecule has 0 N–H and O–H groups in total. The molecule has 5 aliphatic carbocycles. The molecule has 0 fully saturated rings. The van der Waals surface area contributed by atoms with Gasteiger partial charge in [-0.25, -0.2) is 0 Å². The van der Waals surface area contributed by atoms with Crippen molar-refractivity contribution in [3.63, 3.8) is 0 Å². The number of aryl methyl sites for hydroxylation is 2. The van der Waals surface area contributed by atoms with Crippen LogP contribution in [0.2, 0.25) is 0 Å². The summed E-state index contributed by atoms with van der Waals surface area (Å²) in [6.07, 6.45) is 46.7. The summed E-state index contributed by atoms with van der Waals surface area (Å²) in [7, 11) is 0. The highest BCUT2D eigenvalue weighted by atomic mass is 15.0. The summed E-state index contributed by atoms with van der Waals surface area (Å²) >= 11 is 0. The van der Waals surface area contributed by atoms with E-state index in [0.717, 1.165) is 57.8 Å². The van der Waals surface area contributed by atoms with Crippen molar-refractivity contribution in [3.05, 3.63) is 220 Å². The molecule has 6 aromatic rings. The van der Waals surface area contributed by atoms with Crippen LogP contribution in [0.15, 0.2) is 169 Å². The van der Waals surface area contributed by atoms with Gasteiger partial charge >= 0.3 is 0 Å². The molecule has 2 atom stereocenters. The highest BCUT2D eigenvalue weighted by Gasteiger charge is 2.25. The molecule has 4 aromatic carbocycles. The Kier molecular flexibility index (Phi) is 12.1. The van der Waals surface area contributed by atoms with Gasteiger partial charge in [-0.2, -0.15) is 0 Å². The van der Waals surface area contributed by atoms with Crippen LogP contribution in [0.3, 0.4) is 0 Å². The van der Waals surface area contributed by atoms with Crippen LogP contribution in [0.1, 0.15) is 135 Å². The fourth-order valence-electron chi connectivity index (χ4n) is 11.8. The summed E-state index contributed by atoms with van der Waals surface area (Å²) in [5.74, 6) is 0.818. The number of hydrogen-bond acceptors (Lipinski definition) is 0. The van der Waals surface area contributed by atoms with Gasteiger partial charge in [0, 0.05) is 33.6 Å². The molecule has 2 heterocycles. The van der Waals surface area contributed by atoms with Crippen molar-refractivity contribution in [2.24, 2.45) is 5.92 Å². The molecular formula is C65H64N2. The highest BCUT2D eigenvalue weighted by Crippen LogP contribution is 2.42. The van der Waals surface area contributed by atoms with Crippen molar-refractivity contribution in [2.75, 3.05) is 0 Å². The van der Waals surface area contributed by atoms with Gasteiger partial charge in [0.05, 0.1) is 11.0 Å². The van der Waals surface area contributed by atoms with E-state index in [0.29, 0.717) is 11.8 Å². The Morgan fingerprint density at radius 2 is 1.51 bits per heavy atom. The van der Waals surface area contributed by atoms with E-state index in [2.05, 4.69) is 206 Å². The third-order valence-electron chi connectivity index (χ3n) is 15.4. The summed E-state index contributed by atoms with van der Waals surface area (Å²) in [6.45, 7) is 6.71. The van der Waals surface area contributed by atoms with Crippen LogP contribution < -0.4 is 0 Å². The van der Waals surface area contributed by atoms with Crippen LogP contribution in [-0.2, 0) is 19.3 Å². The van der Waals surface area contributed by atoms with Crippen LogP contribution in [0.25, 0.3) is 62.1 Å². The zero-order valence-corrected chi connectivity index (χ0v) is 39.8. The summed E-state index contributed by atoms with van der Waals surface area (Å²) in [4.78, 5) is 0. The van der Waals surface area contributed by atoms with Crippen LogP contribution in [0.4, 0.5) is 0 Å². The van der Waals surface area contributed by atoms with Gasteiger partial charge in [-0.3, -0.25) is 0 Å². The maximum Gasteiger partial charge on any atom is 0.0534 e. The summed E-state index contributed by atoms with van der Waals surface area (Å²) in [5.41, 5.74) is 23.6. The van der Waals surface area contributed by atoms with Gasteiger partial charge in [-0.05, 0) is 207 Å². The lowest BCUT2D eigenvalue weighted by Gasteiger charge is -2.26. The van der Waals surface area contributed by atoms with Gasteiger partial charge in [-0.15, -0.1) is 0 Å². The number of benzene rings is 4. The Hall–Kier alpha value is -6.64. The maximum absolute atomic E-state index is 2.58. The molecule has 0 bridgehead atoms. The van der Waals surface area contributed by atoms with Crippen molar-refractivity contribution >= 4 is 62.1 Å².